The van der Waals surface area contributed by atoms with Crippen molar-refractivity contribution in [2.24, 2.45) is 0 Å². The Kier molecular flexibility index (Phi) is 6.66. The second-order valence-corrected chi connectivity index (χ2v) is 6.33. The summed E-state index contributed by atoms with van der Waals surface area (Å²) >= 11 is 0. The maximum absolute atomic E-state index is 12.2. The van der Waals surface area contributed by atoms with E-state index in [4.69, 9.17) is 4.74 Å². The predicted molar refractivity (Wildman–Crippen MR) is 93.1 cm³/mol. The van der Waals surface area contributed by atoms with Crippen molar-refractivity contribution in [1.29, 1.82) is 0 Å². The number of piperazine rings is 1. The van der Waals surface area contributed by atoms with Gasteiger partial charge in [0, 0.05) is 31.2 Å². The average Bonchev–Trinajstić information content (AvgIpc) is 2.53. The number of aryl methyl sites for hydroxylation is 1. The molecule has 1 saturated heterocycles. The molecule has 1 aromatic rings. The fraction of sp³-hybridized carbons (Fsp3) is 0.526. The van der Waals surface area contributed by atoms with Crippen LogP contribution in [-0.2, 0) is 16.0 Å². The van der Waals surface area contributed by atoms with E-state index >= 15 is 0 Å². The molecule has 4 heteroatoms. The molecule has 1 aliphatic rings. The Morgan fingerprint density at radius 2 is 1.87 bits per heavy atom. The monoisotopic (exact) mass is 316 g/mol. The van der Waals surface area contributed by atoms with Gasteiger partial charge in [0.2, 0.25) is 5.91 Å². The number of hydrogen-bond acceptors (Lipinski definition) is 3. The van der Waals surface area contributed by atoms with Crippen LogP contribution in [-0.4, -0.2) is 54.5 Å². The van der Waals surface area contributed by atoms with Gasteiger partial charge in [-0.15, -0.1) is 0 Å². The van der Waals surface area contributed by atoms with E-state index in [1.165, 1.54) is 17.9 Å². The molecule has 1 aliphatic heterocycles. The maximum atomic E-state index is 12.2. The van der Waals surface area contributed by atoms with E-state index < -0.39 is 0 Å². The summed E-state index contributed by atoms with van der Waals surface area (Å²) in [5, 5.41) is 0. The Morgan fingerprint density at radius 1 is 1.22 bits per heavy atom. The number of hydrogen-bond donors (Lipinski definition) is 0. The Labute approximate surface area is 139 Å². The fourth-order valence-electron chi connectivity index (χ4n) is 3.41. The third kappa shape index (κ3) is 5.10. The van der Waals surface area contributed by atoms with Crippen LogP contribution < -0.4 is 0 Å². The molecule has 0 bridgehead atoms. The highest BCUT2D eigenvalue weighted by atomic mass is 16.5. The second-order valence-electron chi connectivity index (χ2n) is 6.33. The Morgan fingerprint density at radius 3 is 2.48 bits per heavy atom. The molecule has 2 atom stereocenters. The Hall–Kier alpha value is -1.81. The van der Waals surface area contributed by atoms with E-state index in [9.17, 15) is 4.79 Å². The van der Waals surface area contributed by atoms with Gasteiger partial charge in [-0.3, -0.25) is 9.69 Å². The lowest BCUT2D eigenvalue weighted by molar-refractivity contribution is -0.133. The molecular weight excluding hydrogens is 288 g/mol. The third-order valence-electron chi connectivity index (χ3n) is 4.38. The van der Waals surface area contributed by atoms with Crippen LogP contribution in [0.15, 0.2) is 42.7 Å². The number of carbonyl (C=O) groups excluding carboxylic acids is 1. The SMILES string of the molecule is COC=CC(=O)N1[C@H](C)CN(CCCc2ccccc2)C[C@@H]1C. The number of carbonyl (C=O) groups is 1. The molecule has 126 valence electrons. The molecule has 1 heterocycles. The highest BCUT2D eigenvalue weighted by Gasteiger charge is 2.31. The van der Waals surface area contributed by atoms with Gasteiger partial charge in [0.1, 0.15) is 0 Å². The normalized spacial score (nSPS) is 22.5. The van der Waals surface area contributed by atoms with Gasteiger partial charge in [0.15, 0.2) is 0 Å². The quantitative estimate of drug-likeness (QED) is 0.597. The van der Waals surface area contributed by atoms with Crippen LogP contribution in [0.5, 0.6) is 0 Å². The molecule has 2 rings (SSSR count). The topological polar surface area (TPSA) is 32.8 Å². The van der Waals surface area contributed by atoms with Gasteiger partial charge in [-0.05, 0) is 38.8 Å². The summed E-state index contributed by atoms with van der Waals surface area (Å²) < 4.78 is 4.85. The maximum Gasteiger partial charge on any atom is 0.250 e. The average molecular weight is 316 g/mol. The van der Waals surface area contributed by atoms with Crippen molar-refractivity contribution in [3.63, 3.8) is 0 Å². The van der Waals surface area contributed by atoms with E-state index in [0.29, 0.717) is 0 Å². The highest BCUT2D eigenvalue weighted by Crippen LogP contribution is 2.17. The van der Waals surface area contributed by atoms with Gasteiger partial charge >= 0.3 is 0 Å². The second kappa shape index (κ2) is 8.73. The molecule has 1 aromatic carbocycles. The van der Waals surface area contributed by atoms with Crippen molar-refractivity contribution < 1.29 is 9.53 Å². The summed E-state index contributed by atoms with van der Waals surface area (Å²) in [5.74, 6) is 0.0378. The van der Waals surface area contributed by atoms with Crippen LogP contribution in [0.2, 0.25) is 0 Å². The van der Waals surface area contributed by atoms with Crippen molar-refractivity contribution in [2.45, 2.75) is 38.8 Å². The number of benzene rings is 1. The molecule has 1 fully saturated rings. The minimum absolute atomic E-state index is 0.0378. The van der Waals surface area contributed by atoms with Gasteiger partial charge in [-0.25, -0.2) is 0 Å². The van der Waals surface area contributed by atoms with Crippen molar-refractivity contribution in [2.75, 3.05) is 26.7 Å². The zero-order valence-electron chi connectivity index (χ0n) is 14.4. The summed E-state index contributed by atoms with van der Waals surface area (Å²) in [5.41, 5.74) is 1.40. The standard InChI is InChI=1S/C19H28N2O2/c1-16-14-20(12-7-10-18-8-5-4-6-9-18)15-17(2)21(16)19(22)11-13-23-3/h4-6,8-9,11,13,16-17H,7,10,12,14-15H2,1-3H3/t16-,17+. The van der Waals surface area contributed by atoms with Crippen LogP contribution in [0.3, 0.4) is 0 Å². The molecule has 1 amide bonds. The minimum Gasteiger partial charge on any atom is -0.504 e. The van der Waals surface area contributed by atoms with Crippen LogP contribution in [0.25, 0.3) is 0 Å². The summed E-state index contributed by atoms with van der Waals surface area (Å²) in [6.45, 7) is 7.20. The van der Waals surface area contributed by atoms with Crippen LogP contribution >= 0.6 is 0 Å². The molecule has 0 radical (unpaired) electrons. The molecule has 0 unspecified atom stereocenters. The van der Waals surface area contributed by atoms with Crippen molar-refractivity contribution in [3.8, 4) is 0 Å². The first-order valence-electron chi connectivity index (χ1n) is 8.39. The lowest BCUT2D eigenvalue weighted by Crippen LogP contribution is -2.58. The molecule has 0 aromatic heterocycles. The predicted octanol–water partition coefficient (Wildman–Crippen LogP) is 2.70. The van der Waals surface area contributed by atoms with E-state index in [1.54, 1.807) is 7.11 Å². The molecule has 0 spiro atoms. The molecule has 0 saturated carbocycles. The molecule has 23 heavy (non-hydrogen) atoms. The van der Waals surface area contributed by atoms with Crippen molar-refractivity contribution in [1.82, 2.24) is 9.80 Å². The van der Waals surface area contributed by atoms with Gasteiger partial charge < -0.3 is 9.64 Å². The van der Waals surface area contributed by atoms with E-state index in [2.05, 4.69) is 49.1 Å². The van der Waals surface area contributed by atoms with Crippen LogP contribution in [0.1, 0.15) is 25.8 Å². The van der Waals surface area contributed by atoms with Crippen LogP contribution in [0.4, 0.5) is 0 Å². The van der Waals surface area contributed by atoms with E-state index in [0.717, 1.165) is 32.5 Å². The van der Waals surface area contributed by atoms with E-state index in [1.807, 2.05) is 4.90 Å². The first-order valence-corrected chi connectivity index (χ1v) is 8.39. The smallest absolute Gasteiger partial charge is 0.250 e. The summed E-state index contributed by atoms with van der Waals surface area (Å²) in [6, 6.07) is 11.1. The number of ether oxygens (including phenoxy) is 1. The number of nitrogens with zero attached hydrogens (tertiary/aromatic N) is 2. The first-order chi connectivity index (χ1) is 11.1. The number of amides is 1. The zero-order chi connectivity index (χ0) is 16.7. The Bertz CT molecular complexity index is 503. The lowest BCUT2D eigenvalue weighted by Gasteiger charge is -2.44. The third-order valence-corrected chi connectivity index (χ3v) is 4.38. The molecule has 0 aliphatic carbocycles. The number of methoxy groups -OCH3 is 1. The zero-order valence-corrected chi connectivity index (χ0v) is 14.4. The largest absolute Gasteiger partial charge is 0.504 e. The summed E-state index contributed by atoms with van der Waals surface area (Å²) in [4.78, 5) is 16.7. The van der Waals surface area contributed by atoms with E-state index in [-0.39, 0.29) is 18.0 Å². The molecule has 4 nitrogen and oxygen atoms in total. The summed E-state index contributed by atoms with van der Waals surface area (Å²) in [7, 11) is 1.56. The van der Waals surface area contributed by atoms with Crippen molar-refractivity contribution >= 4 is 5.91 Å². The number of rotatable bonds is 6. The van der Waals surface area contributed by atoms with Gasteiger partial charge in [-0.1, -0.05) is 30.3 Å². The lowest BCUT2D eigenvalue weighted by atomic mass is 10.1. The summed E-state index contributed by atoms with van der Waals surface area (Å²) in [6.07, 6.45) is 5.23. The fourth-order valence-corrected chi connectivity index (χ4v) is 3.41. The Balaban J connectivity index is 1.81. The van der Waals surface area contributed by atoms with Crippen molar-refractivity contribution in [3.05, 3.63) is 48.2 Å². The minimum atomic E-state index is 0.0378. The van der Waals surface area contributed by atoms with Gasteiger partial charge in [0.05, 0.1) is 13.4 Å². The van der Waals surface area contributed by atoms with Crippen LogP contribution in [0, 0.1) is 0 Å². The molecule has 0 N–H and O–H groups in total. The first kappa shape index (κ1) is 17.5. The highest BCUT2D eigenvalue weighted by molar-refractivity contribution is 5.88. The van der Waals surface area contributed by atoms with Gasteiger partial charge in [-0.2, -0.15) is 0 Å². The van der Waals surface area contributed by atoms with Gasteiger partial charge in [0.25, 0.3) is 0 Å². The molecular formula is C19H28N2O2.